The topological polar surface area (TPSA) is 50.6 Å². The zero-order chi connectivity index (χ0) is 19.1. The summed E-state index contributed by atoms with van der Waals surface area (Å²) in [5.41, 5.74) is 0.610. The maximum Gasteiger partial charge on any atom is 0.222 e. The van der Waals surface area contributed by atoms with Crippen molar-refractivity contribution in [3.8, 4) is 0 Å². The quantitative estimate of drug-likeness (QED) is 0.710. The van der Waals surface area contributed by atoms with E-state index in [1.165, 1.54) is 6.07 Å². The van der Waals surface area contributed by atoms with Crippen LogP contribution in [0.2, 0.25) is 0 Å². The summed E-state index contributed by atoms with van der Waals surface area (Å²) in [5, 5.41) is 0. The van der Waals surface area contributed by atoms with E-state index in [4.69, 9.17) is 4.74 Å². The lowest BCUT2D eigenvalue weighted by molar-refractivity contribution is -0.132. The van der Waals surface area contributed by atoms with Crippen LogP contribution in [0.5, 0.6) is 0 Å². The molecule has 1 aromatic carbocycles. The van der Waals surface area contributed by atoms with E-state index in [9.17, 15) is 9.18 Å². The zero-order valence-corrected chi connectivity index (χ0v) is 15.8. The smallest absolute Gasteiger partial charge is 0.222 e. The van der Waals surface area contributed by atoms with Crippen molar-refractivity contribution in [2.24, 2.45) is 0 Å². The average Bonchev–Trinajstić information content (AvgIpc) is 3.13. The number of aromatic nitrogens is 2. The first-order chi connectivity index (χ1) is 13.2. The first-order valence-electron chi connectivity index (χ1n) is 9.48. The molecule has 0 radical (unpaired) electrons. The normalized spacial score (nSPS) is 15.0. The van der Waals surface area contributed by atoms with E-state index < -0.39 is 0 Å². The van der Waals surface area contributed by atoms with Crippen LogP contribution in [0.1, 0.15) is 24.7 Å². The van der Waals surface area contributed by atoms with Crippen LogP contribution in [-0.2, 0) is 22.6 Å². The molecule has 1 fully saturated rings. The lowest BCUT2D eigenvalue weighted by atomic mass is 10.2. The molecule has 146 valence electrons. The van der Waals surface area contributed by atoms with Gasteiger partial charge in [0.2, 0.25) is 5.91 Å². The second-order valence-electron chi connectivity index (χ2n) is 6.69. The lowest BCUT2D eigenvalue weighted by Gasteiger charge is -2.30. The van der Waals surface area contributed by atoms with E-state index in [-0.39, 0.29) is 11.7 Å². The second-order valence-corrected chi connectivity index (χ2v) is 6.69. The second kappa shape index (κ2) is 9.62. The summed E-state index contributed by atoms with van der Waals surface area (Å²) in [5.74, 6) is 0.636. The molecule has 0 bridgehead atoms. The number of imidazole rings is 1. The van der Waals surface area contributed by atoms with Crippen molar-refractivity contribution in [2.75, 3.05) is 39.4 Å². The van der Waals surface area contributed by atoms with Crippen LogP contribution in [0.3, 0.4) is 0 Å². The third-order valence-electron chi connectivity index (χ3n) is 4.88. The summed E-state index contributed by atoms with van der Waals surface area (Å²) in [7, 11) is 0. The third-order valence-corrected chi connectivity index (χ3v) is 4.88. The van der Waals surface area contributed by atoms with Crippen LogP contribution < -0.4 is 0 Å². The van der Waals surface area contributed by atoms with Gasteiger partial charge < -0.3 is 14.2 Å². The lowest BCUT2D eigenvalue weighted by Crippen LogP contribution is -2.43. The van der Waals surface area contributed by atoms with E-state index in [0.29, 0.717) is 31.6 Å². The van der Waals surface area contributed by atoms with Gasteiger partial charge >= 0.3 is 0 Å². The van der Waals surface area contributed by atoms with Crippen molar-refractivity contribution in [1.29, 1.82) is 0 Å². The number of nitrogens with zero attached hydrogens (tertiary/aromatic N) is 4. The fourth-order valence-corrected chi connectivity index (χ4v) is 3.22. The van der Waals surface area contributed by atoms with Gasteiger partial charge in [0, 0.05) is 50.6 Å². The Morgan fingerprint density at radius 2 is 2.07 bits per heavy atom. The van der Waals surface area contributed by atoms with E-state index in [1.54, 1.807) is 18.3 Å². The standard InChI is InChI=1S/C20H27FN4O2/c1-2-20(26)25(10-9-23-11-13-27-14-12-23)16-19-22-7-8-24(19)15-17-5-3-4-6-18(17)21/h3-8H,2,9-16H2,1H3. The molecule has 0 atom stereocenters. The molecular weight excluding hydrogens is 347 g/mol. The summed E-state index contributed by atoms with van der Waals surface area (Å²) in [4.78, 5) is 21.0. The van der Waals surface area contributed by atoms with Gasteiger partial charge in [-0.15, -0.1) is 0 Å². The van der Waals surface area contributed by atoms with Crippen LogP contribution >= 0.6 is 0 Å². The van der Waals surface area contributed by atoms with Gasteiger partial charge in [0.25, 0.3) is 0 Å². The molecule has 2 heterocycles. The van der Waals surface area contributed by atoms with Crippen LogP contribution in [-0.4, -0.2) is 64.7 Å². The van der Waals surface area contributed by atoms with Gasteiger partial charge in [-0.3, -0.25) is 9.69 Å². The van der Waals surface area contributed by atoms with Gasteiger partial charge in [-0.1, -0.05) is 25.1 Å². The van der Waals surface area contributed by atoms with Crippen molar-refractivity contribution in [3.63, 3.8) is 0 Å². The fourth-order valence-electron chi connectivity index (χ4n) is 3.22. The van der Waals surface area contributed by atoms with E-state index >= 15 is 0 Å². The fraction of sp³-hybridized carbons (Fsp3) is 0.500. The number of rotatable bonds is 8. The van der Waals surface area contributed by atoms with E-state index in [1.807, 2.05) is 28.7 Å². The molecule has 27 heavy (non-hydrogen) atoms. The van der Waals surface area contributed by atoms with Crippen molar-refractivity contribution in [2.45, 2.75) is 26.4 Å². The molecule has 1 aliphatic heterocycles. The Morgan fingerprint density at radius 3 is 2.81 bits per heavy atom. The molecule has 7 heteroatoms. The maximum atomic E-state index is 14.0. The Labute approximate surface area is 159 Å². The predicted molar refractivity (Wildman–Crippen MR) is 101 cm³/mol. The van der Waals surface area contributed by atoms with Gasteiger partial charge in [0.05, 0.1) is 26.3 Å². The molecule has 1 aliphatic rings. The van der Waals surface area contributed by atoms with Crippen molar-refractivity contribution < 1.29 is 13.9 Å². The summed E-state index contributed by atoms with van der Waals surface area (Å²) in [6, 6.07) is 6.74. The van der Waals surface area contributed by atoms with Crippen LogP contribution in [0.25, 0.3) is 0 Å². The Balaban J connectivity index is 1.66. The van der Waals surface area contributed by atoms with Gasteiger partial charge in [-0.25, -0.2) is 9.37 Å². The molecule has 0 aliphatic carbocycles. The minimum Gasteiger partial charge on any atom is -0.379 e. The minimum absolute atomic E-state index is 0.101. The molecule has 1 saturated heterocycles. The Kier molecular flexibility index (Phi) is 6.95. The molecule has 3 rings (SSSR count). The monoisotopic (exact) mass is 374 g/mol. The molecule has 0 N–H and O–H groups in total. The van der Waals surface area contributed by atoms with Gasteiger partial charge in [-0.2, -0.15) is 0 Å². The SMILES string of the molecule is CCC(=O)N(CCN1CCOCC1)Cc1nccn1Cc1ccccc1F. The molecule has 6 nitrogen and oxygen atoms in total. The van der Waals surface area contributed by atoms with Crippen LogP contribution in [0.4, 0.5) is 4.39 Å². The first-order valence-corrected chi connectivity index (χ1v) is 9.48. The summed E-state index contributed by atoms with van der Waals surface area (Å²) in [6.45, 7) is 7.46. The number of ether oxygens (including phenoxy) is 1. The third kappa shape index (κ3) is 5.37. The highest BCUT2D eigenvalue weighted by atomic mass is 19.1. The molecule has 1 amide bonds. The highest BCUT2D eigenvalue weighted by Crippen LogP contribution is 2.12. The molecule has 1 aromatic heterocycles. The van der Waals surface area contributed by atoms with Gasteiger partial charge in [-0.05, 0) is 6.07 Å². The number of amides is 1. The predicted octanol–water partition coefficient (Wildman–Crippen LogP) is 2.14. The number of halogens is 1. The average molecular weight is 374 g/mol. The van der Waals surface area contributed by atoms with Gasteiger partial charge in [0.1, 0.15) is 11.6 Å². The largest absolute Gasteiger partial charge is 0.379 e. The van der Waals surface area contributed by atoms with Crippen molar-refractivity contribution >= 4 is 5.91 Å². The van der Waals surface area contributed by atoms with E-state index in [0.717, 1.165) is 38.7 Å². The Bertz CT molecular complexity index is 743. The van der Waals surface area contributed by atoms with Gasteiger partial charge in [0.15, 0.2) is 0 Å². The minimum atomic E-state index is -0.231. The van der Waals surface area contributed by atoms with Crippen LogP contribution in [0, 0.1) is 5.82 Å². The van der Waals surface area contributed by atoms with Crippen molar-refractivity contribution in [1.82, 2.24) is 19.4 Å². The number of morpholine rings is 1. The highest BCUT2D eigenvalue weighted by molar-refractivity contribution is 5.75. The number of benzene rings is 1. The maximum absolute atomic E-state index is 14.0. The number of hydrogen-bond acceptors (Lipinski definition) is 4. The Morgan fingerprint density at radius 1 is 1.30 bits per heavy atom. The number of hydrogen-bond donors (Lipinski definition) is 0. The Hall–Kier alpha value is -2.25. The molecule has 0 unspecified atom stereocenters. The first kappa shape index (κ1) is 19.5. The summed E-state index contributed by atoms with van der Waals surface area (Å²) in [6.07, 6.45) is 3.99. The van der Waals surface area contributed by atoms with Crippen LogP contribution in [0.15, 0.2) is 36.7 Å². The molecular formula is C20H27FN4O2. The highest BCUT2D eigenvalue weighted by Gasteiger charge is 2.18. The zero-order valence-electron chi connectivity index (χ0n) is 15.8. The molecule has 0 saturated carbocycles. The molecule has 2 aromatic rings. The van der Waals surface area contributed by atoms with Crippen molar-refractivity contribution in [3.05, 3.63) is 53.9 Å². The summed E-state index contributed by atoms with van der Waals surface area (Å²) >= 11 is 0. The number of carbonyl (C=O) groups excluding carboxylic acids is 1. The number of carbonyl (C=O) groups is 1. The van der Waals surface area contributed by atoms with E-state index in [2.05, 4.69) is 9.88 Å². The summed E-state index contributed by atoms with van der Waals surface area (Å²) < 4.78 is 21.3. The molecule has 0 spiro atoms.